The van der Waals surface area contributed by atoms with E-state index in [1.807, 2.05) is 20.8 Å². The summed E-state index contributed by atoms with van der Waals surface area (Å²) >= 11 is 0. The zero-order valence-corrected chi connectivity index (χ0v) is 12.3. The lowest BCUT2D eigenvalue weighted by atomic mass is 9.93. The molecule has 0 atom stereocenters. The molecule has 3 nitrogen and oxygen atoms in total. The van der Waals surface area contributed by atoms with Gasteiger partial charge in [-0.1, -0.05) is 19.4 Å². The summed E-state index contributed by atoms with van der Waals surface area (Å²) in [6.07, 6.45) is -16.7. The van der Waals surface area contributed by atoms with Crippen molar-refractivity contribution in [2.75, 3.05) is 13.1 Å². The van der Waals surface area contributed by atoms with Crippen molar-refractivity contribution in [3.8, 4) is 0 Å². The summed E-state index contributed by atoms with van der Waals surface area (Å²) in [5.74, 6) is 0.0385. The van der Waals surface area contributed by atoms with Crippen LogP contribution in [0.4, 0.5) is 31.1 Å². The van der Waals surface area contributed by atoms with Crippen molar-refractivity contribution in [1.29, 1.82) is 0 Å². The molecule has 0 bridgehead atoms. The van der Waals surface area contributed by atoms with Gasteiger partial charge in [0.15, 0.2) is 0 Å². The van der Waals surface area contributed by atoms with Crippen molar-refractivity contribution in [1.82, 2.24) is 4.90 Å². The molecule has 0 spiro atoms. The van der Waals surface area contributed by atoms with Crippen LogP contribution in [0, 0.1) is 5.92 Å². The first-order chi connectivity index (χ1) is 9.84. The van der Waals surface area contributed by atoms with Gasteiger partial charge in [-0.15, -0.1) is 0 Å². The Labute approximate surface area is 123 Å². The lowest BCUT2D eigenvalue weighted by molar-refractivity contribution is -0.308. The molecule has 1 aliphatic heterocycles. The number of amides is 1. The van der Waals surface area contributed by atoms with Crippen LogP contribution in [0.25, 0.3) is 0 Å². The van der Waals surface area contributed by atoms with Gasteiger partial charge in [0.25, 0.3) is 6.10 Å². The summed E-state index contributed by atoms with van der Waals surface area (Å²) in [6, 6.07) is 0. The summed E-state index contributed by atoms with van der Waals surface area (Å²) in [4.78, 5) is 12.5. The van der Waals surface area contributed by atoms with Gasteiger partial charge >= 0.3 is 18.4 Å². The Kier molecular flexibility index (Phi) is 5.40. The zero-order valence-electron chi connectivity index (χ0n) is 12.3. The van der Waals surface area contributed by atoms with E-state index >= 15 is 0 Å². The second-order valence-electron chi connectivity index (χ2n) is 5.48. The molecule has 1 heterocycles. The van der Waals surface area contributed by atoms with E-state index in [1.54, 1.807) is 0 Å². The first kappa shape index (κ1) is 18.6. The van der Waals surface area contributed by atoms with Gasteiger partial charge in [0.2, 0.25) is 0 Å². The Bertz CT molecular complexity index is 438. The number of hydrogen-bond donors (Lipinski definition) is 0. The Hall–Kier alpha value is -1.41. The number of carbonyl (C=O) groups excluding carboxylic acids is 1. The average Bonchev–Trinajstić information content (AvgIpc) is 2.33. The minimum atomic E-state index is -5.70. The topological polar surface area (TPSA) is 29.5 Å². The van der Waals surface area contributed by atoms with Crippen LogP contribution >= 0.6 is 0 Å². The molecule has 0 radical (unpaired) electrons. The van der Waals surface area contributed by atoms with Crippen LogP contribution in [0.2, 0.25) is 0 Å². The molecular formula is C13H17F6NO2. The van der Waals surface area contributed by atoms with E-state index in [2.05, 4.69) is 4.74 Å². The highest BCUT2D eigenvalue weighted by Crippen LogP contribution is 2.36. The SMILES string of the molecule is CC1=C(C(C)C)CN(C(=O)OC(C(F)(F)F)C(F)(F)F)CC1. The highest BCUT2D eigenvalue weighted by molar-refractivity contribution is 5.68. The van der Waals surface area contributed by atoms with Crippen molar-refractivity contribution in [3.63, 3.8) is 0 Å². The maximum atomic E-state index is 12.4. The number of ether oxygens (including phenoxy) is 1. The summed E-state index contributed by atoms with van der Waals surface area (Å²) in [5.41, 5.74) is 1.81. The van der Waals surface area contributed by atoms with Crippen LogP contribution in [-0.2, 0) is 4.74 Å². The van der Waals surface area contributed by atoms with Crippen molar-refractivity contribution in [2.24, 2.45) is 5.92 Å². The lowest BCUT2D eigenvalue weighted by Gasteiger charge is -2.32. The van der Waals surface area contributed by atoms with E-state index in [4.69, 9.17) is 0 Å². The molecule has 1 rings (SSSR count). The summed E-state index contributed by atoms with van der Waals surface area (Å²) in [6.45, 7) is 5.50. The van der Waals surface area contributed by atoms with Gasteiger partial charge in [0.05, 0.1) is 0 Å². The first-order valence-electron chi connectivity index (χ1n) is 6.61. The fraction of sp³-hybridized carbons (Fsp3) is 0.769. The highest BCUT2D eigenvalue weighted by atomic mass is 19.4. The normalized spacial score (nSPS) is 17.5. The average molecular weight is 333 g/mol. The first-order valence-corrected chi connectivity index (χ1v) is 6.61. The molecule has 0 aromatic carbocycles. The Morgan fingerprint density at radius 3 is 2.05 bits per heavy atom. The lowest BCUT2D eigenvalue weighted by Crippen LogP contribution is -2.49. The fourth-order valence-electron chi connectivity index (χ4n) is 2.21. The van der Waals surface area contributed by atoms with Crippen molar-refractivity contribution >= 4 is 6.09 Å². The molecule has 22 heavy (non-hydrogen) atoms. The molecule has 0 aromatic rings. The van der Waals surface area contributed by atoms with Gasteiger partial charge in [-0.3, -0.25) is 0 Å². The van der Waals surface area contributed by atoms with E-state index in [0.29, 0.717) is 6.42 Å². The molecule has 0 saturated carbocycles. The van der Waals surface area contributed by atoms with Crippen molar-refractivity contribution in [2.45, 2.75) is 45.6 Å². The minimum Gasteiger partial charge on any atom is -0.426 e. The van der Waals surface area contributed by atoms with Crippen molar-refractivity contribution < 1.29 is 35.9 Å². The summed E-state index contributed by atoms with van der Waals surface area (Å²) < 4.78 is 78.0. The van der Waals surface area contributed by atoms with E-state index in [0.717, 1.165) is 16.0 Å². The van der Waals surface area contributed by atoms with E-state index in [-0.39, 0.29) is 19.0 Å². The van der Waals surface area contributed by atoms with E-state index in [9.17, 15) is 31.1 Å². The minimum absolute atomic E-state index is 0.0230. The molecule has 9 heteroatoms. The molecule has 0 aromatic heterocycles. The fourth-order valence-corrected chi connectivity index (χ4v) is 2.21. The van der Waals surface area contributed by atoms with Gasteiger partial charge in [0.1, 0.15) is 0 Å². The van der Waals surface area contributed by atoms with Gasteiger partial charge in [0, 0.05) is 13.1 Å². The third kappa shape index (κ3) is 4.54. The molecule has 0 aliphatic carbocycles. The molecular weight excluding hydrogens is 316 g/mol. The smallest absolute Gasteiger partial charge is 0.426 e. The predicted octanol–water partition coefficient (Wildman–Crippen LogP) is 4.29. The molecule has 0 saturated heterocycles. The molecule has 0 unspecified atom stereocenters. The van der Waals surface area contributed by atoms with Gasteiger partial charge in [-0.2, -0.15) is 26.3 Å². The van der Waals surface area contributed by atoms with Crippen LogP contribution in [0.3, 0.4) is 0 Å². The van der Waals surface area contributed by atoms with E-state index in [1.165, 1.54) is 0 Å². The Morgan fingerprint density at radius 1 is 1.14 bits per heavy atom. The molecule has 0 N–H and O–H groups in total. The largest absolute Gasteiger partial charge is 0.434 e. The summed E-state index contributed by atoms with van der Waals surface area (Å²) in [5, 5.41) is 0. The van der Waals surface area contributed by atoms with Gasteiger partial charge in [-0.25, -0.2) is 4.79 Å². The third-order valence-corrected chi connectivity index (χ3v) is 3.43. The predicted molar refractivity (Wildman–Crippen MR) is 66.1 cm³/mol. The number of nitrogens with zero attached hydrogens (tertiary/aromatic N) is 1. The van der Waals surface area contributed by atoms with Crippen LogP contribution < -0.4 is 0 Å². The number of rotatable bonds is 2. The number of hydrogen-bond acceptors (Lipinski definition) is 2. The molecule has 128 valence electrons. The van der Waals surface area contributed by atoms with Crippen LogP contribution in [-0.4, -0.2) is 42.5 Å². The van der Waals surface area contributed by atoms with Gasteiger partial charge < -0.3 is 9.64 Å². The molecule has 1 aliphatic rings. The van der Waals surface area contributed by atoms with Crippen LogP contribution in [0.1, 0.15) is 27.2 Å². The highest BCUT2D eigenvalue weighted by Gasteiger charge is 2.60. The maximum absolute atomic E-state index is 12.4. The third-order valence-electron chi connectivity index (χ3n) is 3.43. The van der Waals surface area contributed by atoms with Crippen molar-refractivity contribution in [3.05, 3.63) is 11.1 Å². The number of carbonyl (C=O) groups is 1. The quantitative estimate of drug-likeness (QED) is 0.557. The van der Waals surface area contributed by atoms with Gasteiger partial charge in [-0.05, 0) is 24.8 Å². The van der Waals surface area contributed by atoms with Crippen LogP contribution in [0.5, 0.6) is 0 Å². The molecule has 1 amide bonds. The summed E-state index contributed by atoms with van der Waals surface area (Å²) in [7, 11) is 0. The zero-order chi connectivity index (χ0) is 17.3. The number of alkyl halides is 6. The van der Waals surface area contributed by atoms with E-state index < -0.39 is 24.5 Å². The Morgan fingerprint density at radius 2 is 1.64 bits per heavy atom. The monoisotopic (exact) mass is 333 g/mol. The second-order valence-corrected chi connectivity index (χ2v) is 5.48. The number of halogens is 6. The second kappa shape index (κ2) is 6.37. The Balaban J connectivity index is 2.85. The standard InChI is InChI=1S/C13H17F6NO2/c1-7(2)9-6-20(5-4-8(9)3)11(21)22-10(12(14,15)16)13(17,18)19/h7,10H,4-6H2,1-3H3. The van der Waals surface area contributed by atoms with Crippen LogP contribution in [0.15, 0.2) is 11.1 Å². The maximum Gasteiger partial charge on any atom is 0.434 e. The molecule has 0 fully saturated rings.